The normalized spacial score (nSPS) is 12.8. The molecule has 0 aromatic rings. The zero-order valence-corrected chi connectivity index (χ0v) is 14.9. The number of primary amides is 1. The Balaban J connectivity index is 4.60. The van der Waals surface area contributed by atoms with E-state index in [9.17, 15) is 24.0 Å². The molecule has 26 heavy (non-hydrogen) atoms. The molecule has 0 fully saturated rings. The average Bonchev–Trinajstić information content (AvgIpc) is 2.53. The summed E-state index contributed by atoms with van der Waals surface area (Å²) < 4.78 is 0. The van der Waals surface area contributed by atoms with E-state index in [1.807, 2.05) is 13.8 Å². The number of carboxylic acids is 1. The van der Waals surface area contributed by atoms with E-state index in [1.165, 1.54) is 0 Å². The van der Waals surface area contributed by atoms with Crippen molar-refractivity contribution in [2.45, 2.75) is 45.2 Å². The number of nitrogens with one attached hydrogen (secondary N) is 3. The van der Waals surface area contributed by atoms with Gasteiger partial charge in [0.1, 0.15) is 12.6 Å². The Labute approximate surface area is 151 Å². The van der Waals surface area contributed by atoms with Crippen LogP contribution in [0.1, 0.15) is 33.1 Å². The lowest BCUT2D eigenvalue weighted by Gasteiger charge is -2.18. The number of amides is 4. The summed E-state index contributed by atoms with van der Waals surface area (Å²) in [6.07, 6.45) is 0.163. The molecule has 11 nitrogen and oxygen atoms in total. The fourth-order valence-electron chi connectivity index (χ4n) is 2.00. The van der Waals surface area contributed by atoms with Crippen LogP contribution in [-0.2, 0) is 24.0 Å². The zero-order chi connectivity index (χ0) is 20.3. The van der Waals surface area contributed by atoms with E-state index in [0.29, 0.717) is 6.42 Å². The minimum absolute atomic E-state index is 0.104. The number of carbonyl (C=O) groups excluding carboxylic acids is 4. The average molecular weight is 373 g/mol. The molecule has 0 radical (unpaired) electrons. The molecule has 11 heteroatoms. The van der Waals surface area contributed by atoms with E-state index >= 15 is 0 Å². The SMILES string of the molecule is CC(C)CC(N)C(=O)NCC(=O)NC(CCC(N)=O)C(=O)NCC(=O)O. The number of carbonyl (C=O) groups is 5. The molecule has 0 rings (SSSR count). The highest BCUT2D eigenvalue weighted by Gasteiger charge is 2.22. The maximum Gasteiger partial charge on any atom is 0.322 e. The quantitative estimate of drug-likeness (QED) is 0.216. The van der Waals surface area contributed by atoms with Crippen molar-refractivity contribution in [2.75, 3.05) is 13.1 Å². The maximum atomic E-state index is 11.9. The summed E-state index contributed by atoms with van der Waals surface area (Å²) in [5.41, 5.74) is 10.7. The van der Waals surface area contributed by atoms with Crippen LogP contribution in [0.25, 0.3) is 0 Å². The van der Waals surface area contributed by atoms with E-state index in [2.05, 4.69) is 16.0 Å². The Morgan fingerprint density at radius 1 is 1.00 bits per heavy atom. The van der Waals surface area contributed by atoms with Gasteiger partial charge < -0.3 is 32.5 Å². The van der Waals surface area contributed by atoms with Gasteiger partial charge >= 0.3 is 5.97 Å². The molecule has 148 valence electrons. The summed E-state index contributed by atoms with van der Waals surface area (Å²) in [5, 5.41) is 15.3. The first-order chi connectivity index (χ1) is 12.0. The minimum Gasteiger partial charge on any atom is -0.480 e. The molecule has 4 amide bonds. The third-order valence-electron chi connectivity index (χ3n) is 3.23. The first-order valence-corrected chi connectivity index (χ1v) is 8.13. The van der Waals surface area contributed by atoms with E-state index in [0.717, 1.165) is 0 Å². The van der Waals surface area contributed by atoms with Crippen LogP contribution in [0.15, 0.2) is 0 Å². The van der Waals surface area contributed by atoms with Crippen molar-refractivity contribution in [3.8, 4) is 0 Å². The van der Waals surface area contributed by atoms with Crippen molar-refractivity contribution in [1.29, 1.82) is 0 Å². The lowest BCUT2D eigenvalue weighted by atomic mass is 10.0. The van der Waals surface area contributed by atoms with Crippen LogP contribution in [0, 0.1) is 5.92 Å². The molecule has 0 saturated heterocycles. The van der Waals surface area contributed by atoms with Gasteiger partial charge in [0, 0.05) is 6.42 Å². The summed E-state index contributed by atoms with van der Waals surface area (Å²) >= 11 is 0. The van der Waals surface area contributed by atoms with Crippen LogP contribution in [0.2, 0.25) is 0 Å². The van der Waals surface area contributed by atoms with E-state index in [1.54, 1.807) is 0 Å². The molecule has 0 spiro atoms. The molecule has 2 atom stereocenters. The number of nitrogens with two attached hydrogens (primary N) is 2. The fraction of sp³-hybridized carbons (Fsp3) is 0.667. The van der Waals surface area contributed by atoms with Crippen molar-refractivity contribution < 1.29 is 29.1 Å². The van der Waals surface area contributed by atoms with Gasteiger partial charge in [-0.3, -0.25) is 24.0 Å². The number of carboxylic acid groups (broad SMARTS) is 1. The lowest BCUT2D eigenvalue weighted by molar-refractivity contribution is -0.138. The van der Waals surface area contributed by atoms with Gasteiger partial charge in [0.25, 0.3) is 0 Å². The Bertz CT molecular complexity index is 537. The van der Waals surface area contributed by atoms with Crippen molar-refractivity contribution in [3.63, 3.8) is 0 Å². The van der Waals surface area contributed by atoms with Gasteiger partial charge in [-0.15, -0.1) is 0 Å². The molecule has 0 heterocycles. The third-order valence-corrected chi connectivity index (χ3v) is 3.23. The highest BCUT2D eigenvalue weighted by atomic mass is 16.4. The van der Waals surface area contributed by atoms with Gasteiger partial charge in [-0.1, -0.05) is 13.8 Å². The van der Waals surface area contributed by atoms with Crippen LogP contribution < -0.4 is 27.4 Å². The molecule has 0 aromatic heterocycles. The molecular weight excluding hydrogens is 346 g/mol. The lowest BCUT2D eigenvalue weighted by Crippen LogP contribution is -2.51. The summed E-state index contributed by atoms with van der Waals surface area (Å²) in [5.74, 6) is -3.69. The molecule has 2 unspecified atom stereocenters. The van der Waals surface area contributed by atoms with Gasteiger partial charge in [0.2, 0.25) is 23.6 Å². The van der Waals surface area contributed by atoms with Gasteiger partial charge in [-0.25, -0.2) is 0 Å². The van der Waals surface area contributed by atoms with Gasteiger partial charge in [0.15, 0.2) is 0 Å². The van der Waals surface area contributed by atoms with Crippen molar-refractivity contribution >= 4 is 29.6 Å². The number of hydrogen-bond donors (Lipinski definition) is 6. The molecular formula is C15H27N5O6. The molecule has 0 aliphatic rings. The highest BCUT2D eigenvalue weighted by Crippen LogP contribution is 2.02. The minimum atomic E-state index is -1.26. The smallest absolute Gasteiger partial charge is 0.322 e. The Kier molecular flexibility index (Phi) is 10.6. The van der Waals surface area contributed by atoms with Gasteiger partial charge in [-0.05, 0) is 18.8 Å². The van der Waals surface area contributed by atoms with Crippen molar-refractivity contribution in [3.05, 3.63) is 0 Å². The van der Waals surface area contributed by atoms with E-state index < -0.39 is 54.8 Å². The van der Waals surface area contributed by atoms with Crippen LogP contribution in [-0.4, -0.2) is 59.9 Å². The molecule has 0 bridgehead atoms. The summed E-state index contributed by atoms with van der Waals surface area (Å²) in [4.78, 5) is 57.0. The van der Waals surface area contributed by atoms with Crippen molar-refractivity contribution in [1.82, 2.24) is 16.0 Å². The van der Waals surface area contributed by atoms with E-state index in [-0.39, 0.29) is 18.8 Å². The molecule has 8 N–H and O–H groups in total. The van der Waals surface area contributed by atoms with E-state index in [4.69, 9.17) is 16.6 Å². The number of aliphatic carboxylic acids is 1. The predicted octanol–water partition coefficient (Wildman–Crippen LogP) is -2.57. The Hall–Kier alpha value is -2.69. The topological polar surface area (TPSA) is 194 Å². The highest BCUT2D eigenvalue weighted by molar-refractivity contribution is 5.92. The fourth-order valence-corrected chi connectivity index (χ4v) is 2.00. The zero-order valence-electron chi connectivity index (χ0n) is 14.9. The summed E-state index contributed by atoms with van der Waals surface area (Å²) in [7, 11) is 0. The second-order valence-corrected chi connectivity index (χ2v) is 6.19. The monoisotopic (exact) mass is 373 g/mol. The van der Waals surface area contributed by atoms with Crippen molar-refractivity contribution in [2.24, 2.45) is 17.4 Å². The Morgan fingerprint density at radius 3 is 2.08 bits per heavy atom. The van der Waals surface area contributed by atoms with Crippen LogP contribution >= 0.6 is 0 Å². The second kappa shape index (κ2) is 11.8. The Morgan fingerprint density at radius 2 is 1.58 bits per heavy atom. The summed E-state index contributed by atoms with van der Waals surface area (Å²) in [6.45, 7) is 2.75. The first kappa shape index (κ1) is 23.3. The maximum absolute atomic E-state index is 11.9. The first-order valence-electron chi connectivity index (χ1n) is 8.13. The van der Waals surface area contributed by atoms with Crippen LogP contribution in [0.4, 0.5) is 0 Å². The largest absolute Gasteiger partial charge is 0.480 e. The second-order valence-electron chi connectivity index (χ2n) is 6.19. The standard InChI is InChI=1S/C15H27N5O6/c1-8(2)5-9(16)14(25)18-6-12(22)20-10(3-4-11(17)21)15(26)19-7-13(23)24/h8-10H,3-7,16H2,1-2H3,(H2,17,21)(H,18,25)(H,19,26)(H,20,22)(H,23,24). The molecule has 0 saturated carbocycles. The van der Waals surface area contributed by atoms with Gasteiger partial charge in [-0.2, -0.15) is 0 Å². The number of rotatable bonds is 12. The third kappa shape index (κ3) is 11.0. The molecule has 0 aromatic carbocycles. The van der Waals surface area contributed by atoms with Crippen LogP contribution in [0.3, 0.4) is 0 Å². The molecule has 0 aliphatic carbocycles. The van der Waals surface area contributed by atoms with Gasteiger partial charge in [0.05, 0.1) is 12.6 Å². The predicted molar refractivity (Wildman–Crippen MR) is 91.4 cm³/mol. The molecule has 0 aliphatic heterocycles. The number of hydrogen-bond acceptors (Lipinski definition) is 6. The summed E-state index contributed by atoms with van der Waals surface area (Å²) in [6, 6.07) is -1.91. The van der Waals surface area contributed by atoms with Crippen LogP contribution in [0.5, 0.6) is 0 Å².